The molecule has 1 aromatic heterocycles. The minimum absolute atomic E-state index is 0.109. The number of aromatic amines is 1. The Kier molecular flexibility index (Phi) is 2.11. The highest BCUT2D eigenvalue weighted by molar-refractivity contribution is 5.82. The first-order chi connectivity index (χ1) is 7.13. The Balaban J connectivity index is 3.06. The van der Waals surface area contributed by atoms with Gasteiger partial charge < -0.3 is 0 Å². The SMILES string of the molecule is CCn1c(=O)[nH]c(=O)c2c1=NC(=O)CC=2. The fourth-order valence-electron chi connectivity index (χ4n) is 1.53. The van der Waals surface area contributed by atoms with E-state index in [4.69, 9.17) is 0 Å². The van der Waals surface area contributed by atoms with Crippen molar-refractivity contribution >= 4 is 12.0 Å². The lowest BCUT2D eigenvalue weighted by atomic mass is 10.3. The molecule has 78 valence electrons. The van der Waals surface area contributed by atoms with Crippen LogP contribution in [0.5, 0.6) is 0 Å². The van der Waals surface area contributed by atoms with Crippen molar-refractivity contribution in [2.75, 3.05) is 0 Å². The van der Waals surface area contributed by atoms with E-state index in [1.807, 2.05) is 0 Å². The molecular weight excluding hydrogens is 198 g/mol. The Hall–Kier alpha value is -1.98. The second kappa shape index (κ2) is 3.30. The molecule has 1 amide bonds. The number of nitrogens with zero attached hydrogens (tertiary/aromatic N) is 2. The molecule has 2 heterocycles. The molecule has 15 heavy (non-hydrogen) atoms. The van der Waals surface area contributed by atoms with Crippen LogP contribution >= 0.6 is 0 Å². The number of carbonyl (C=O) groups excluding carboxylic acids is 1. The standard InChI is InChI=1S/C9H9N3O3/c1-2-12-7-5(3-4-6(13)10-7)8(14)11-9(12)15/h3H,2,4H2,1H3,(H,11,14,15). The number of amides is 1. The van der Waals surface area contributed by atoms with Crippen molar-refractivity contribution in [1.29, 1.82) is 0 Å². The van der Waals surface area contributed by atoms with Gasteiger partial charge in [0.25, 0.3) is 11.5 Å². The number of H-pyrrole nitrogens is 1. The summed E-state index contributed by atoms with van der Waals surface area (Å²) in [5.41, 5.74) is -0.855. The van der Waals surface area contributed by atoms with Crippen molar-refractivity contribution in [3.05, 3.63) is 31.5 Å². The molecule has 0 atom stereocenters. The van der Waals surface area contributed by atoms with Crippen molar-refractivity contribution in [1.82, 2.24) is 9.55 Å². The zero-order chi connectivity index (χ0) is 11.0. The summed E-state index contributed by atoms with van der Waals surface area (Å²) in [5.74, 6) is -0.338. The smallest absolute Gasteiger partial charge is 0.278 e. The van der Waals surface area contributed by atoms with E-state index in [2.05, 4.69) is 9.98 Å². The lowest BCUT2D eigenvalue weighted by Gasteiger charge is -2.04. The molecule has 0 bridgehead atoms. The molecular formula is C9H9N3O3. The molecule has 6 heteroatoms. The van der Waals surface area contributed by atoms with Gasteiger partial charge in [-0.2, -0.15) is 4.99 Å². The normalized spacial score (nSPS) is 14.1. The number of hydrogen-bond donors (Lipinski definition) is 1. The summed E-state index contributed by atoms with van der Waals surface area (Å²) in [7, 11) is 0. The van der Waals surface area contributed by atoms with Crippen LogP contribution in [0.1, 0.15) is 13.3 Å². The summed E-state index contributed by atoms with van der Waals surface area (Å²) in [6, 6.07) is 0. The van der Waals surface area contributed by atoms with Gasteiger partial charge in [-0.15, -0.1) is 0 Å². The first-order valence-corrected chi connectivity index (χ1v) is 4.58. The van der Waals surface area contributed by atoms with E-state index >= 15 is 0 Å². The molecule has 0 saturated heterocycles. The Morgan fingerprint density at radius 2 is 2.20 bits per heavy atom. The van der Waals surface area contributed by atoms with E-state index in [1.165, 1.54) is 10.6 Å². The second-order valence-electron chi connectivity index (χ2n) is 3.15. The van der Waals surface area contributed by atoms with E-state index in [9.17, 15) is 14.4 Å². The highest BCUT2D eigenvalue weighted by atomic mass is 16.2. The zero-order valence-electron chi connectivity index (χ0n) is 8.11. The summed E-state index contributed by atoms with van der Waals surface area (Å²) in [4.78, 5) is 39.7. The van der Waals surface area contributed by atoms with Gasteiger partial charge in [-0.25, -0.2) is 4.79 Å². The lowest BCUT2D eigenvalue weighted by molar-refractivity contribution is -0.117. The molecule has 6 nitrogen and oxygen atoms in total. The van der Waals surface area contributed by atoms with Gasteiger partial charge in [0, 0.05) is 13.0 Å². The Morgan fingerprint density at radius 1 is 1.47 bits per heavy atom. The number of nitrogens with one attached hydrogen (secondary N) is 1. The molecule has 1 N–H and O–H groups in total. The largest absolute Gasteiger partial charge is 0.329 e. The fraction of sp³-hybridized carbons (Fsp3) is 0.333. The number of carbonyl (C=O) groups is 1. The summed E-state index contributed by atoms with van der Waals surface area (Å²) in [5, 5.41) is 0.302. The molecule has 0 aliphatic carbocycles. The maximum atomic E-state index is 11.4. The zero-order valence-corrected chi connectivity index (χ0v) is 8.11. The molecule has 0 fully saturated rings. The number of fused-ring (bicyclic) bond motifs is 1. The summed E-state index contributed by atoms with van der Waals surface area (Å²) >= 11 is 0. The third-order valence-corrected chi connectivity index (χ3v) is 2.23. The van der Waals surface area contributed by atoms with E-state index < -0.39 is 11.2 Å². The maximum absolute atomic E-state index is 11.4. The van der Waals surface area contributed by atoms with Crippen molar-refractivity contribution in [2.24, 2.45) is 4.99 Å². The van der Waals surface area contributed by atoms with Crippen LogP contribution in [0.4, 0.5) is 0 Å². The van der Waals surface area contributed by atoms with Gasteiger partial charge in [0.05, 0.1) is 5.22 Å². The first kappa shape index (κ1) is 9.57. The first-order valence-electron chi connectivity index (χ1n) is 4.58. The summed E-state index contributed by atoms with van der Waals surface area (Å²) < 4.78 is 1.27. The minimum Gasteiger partial charge on any atom is -0.278 e. The van der Waals surface area contributed by atoms with Gasteiger partial charge in [0.2, 0.25) is 0 Å². The number of aromatic nitrogens is 2. The van der Waals surface area contributed by atoms with Crippen molar-refractivity contribution in [3.8, 4) is 0 Å². The Labute approximate surface area is 83.6 Å². The van der Waals surface area contributed by atoms with Crippen molar-refractivity contribution in [2.45, 2.75) is 19.9 Å². The van der Waals surface area contributed by atoms with Crippen LogP contribution in [0.25, 0.3) is 6.08 Å². The monoisotopic (exact) mass is 207 g/mol. The quantitative estimate of drug-likeness (QED) is 0.571. The predicted molar refractivity (Wildman–Crippen MR) is 51.9 cm³/mol. The van der Waals surface area contributed by atoms with Gasteiger partial charge in [0.15, 0.2) is 5.49 Å². The topological polar surface area (TPSA) is 84.3 Å². The second-order valence-corrected chi connectivity index (χ2v) is 3.15. The highest BCUT2D eigenvalue weighted by Crippen LogP contribution is 1.86. The van der Waals surface area contributed by atoms with Gasteiger partial charge in [-0.3, -0.25) is 19.1 Å². The van der Waals surface area contributed by atoms with Gasteiger partial charge in [-0.1, -0.05) is 6.08 Å². The third-order valence-electron chi connectivity index (χ3n) is 2.23. The Morgan fingerprint density at radius 3 is 2.87 bits per heavy atom. The van der Waals surface area contributed by atoms with Gasteiger partial charge >= 0.3 is 5.69 Å². The van der Waals surface area contributed by atoms with Crippen molar-refractivity contribution in [3.63, 3.8) is 0 Å². The minimum atomic E-state index is -0.534. The third kappa shape index (κ3) is 1.43. The van der Waals surface area contributed by atoms with Crippen molar-refractivity contribution < 1.29 is 4.79 Å². The average Bonchev–Trinajstić information content (AvgIpc) is 2.17. The van der Waals surface area contributed by atoms with E-state index in [0.717, 1.165) is 0 Å². The lowest BCUT2D eigenvalue weighted by Crippen LogP contribution is -2.55. The van der Waals surface area contributed by atoms with E-state index in [1.54, 1.807) is 6.92 Å². The molecule has 0 spiro atoms. The summed E-state index contributed by atoms with van der Waals surface area (Å²) in [6.07, 6.45) is 1.60. The number of rotatable bonds is 1. The van der Waals surface area contributed by atoms with Crippen LogP contribution in [0.15, 0.2) is 14.6 Å². The molecule has 0 unspecified atom stereocenters. The molecule has 1 aliphatic heterocycles. The molecule has 0 radical (unpaired) electrons. The van der Waals surface area contributed by atoms with Crippen LogP contribution in [0.3, 0.4) is 0 Å². The maximum Gasteiger partial charge on any atom is 0.329 e. The van der Waals surface area contributed by atoms with E-state index in [0.29, 0.717) is 11.8 Å². The summed E-state index contributed by atoms with van der Waals surface area (Å²) in [6.45, 7) is 2.11. The van der Waals surface area contributed by atoms with Crippen LogP contribution in [0.2, 0.25) is 0 Å². The predicted octanol–water partition coefficient (Wildman–Crippen LogP) is -2.11. The van der Waals surface area contributed by atoms with Crippen LogP contribution < -0.4 is 22.0 Å². The highest BCUT2D eigenvalue weighted by Gasteiger charge is 2.09. The van der Waals surface area contributed by atoms with Crippen LogP contribution in [-0.4, -0.2) is 15.5 Å². The molecule has 2 rings (SSSR count). The van der Waals surface area contributed by atoms with E-state index in [-0.39, 0.29) is 17.8 Å². The average molecular weight is 207 g/mol. The molecule has 0 aromatic carbocycles. The molecule has 1 aromatic rings. The van der Waals surface area contributed by atoms with Crippen LogP contribution in [0, 0.1) is 0 Å². The van der Waals surface area contributed by atoms with Crippen LogP contribution in [-0.2, 0) is 11.3 Å². The fourth-order valence-corrected chi connectivity index (χ4v) is 1.53. The Bertz CT molecular complexity index is 651. The molecule has 0 saturated carbocycles. The number of hydrogen-bond acceptors (Lipinski definition) is 3. The van der Waals surface area contributed by atoms with Gasteiger partial charge in [-0.05, 0) is 6.92 Å². The molecule has 1 aliphatic rings. The van der Waals surface area contributed by atoms with Gasteiger partial charge in [0.1, 0.15) is 0 Å².